The SMILES string of the molecule is CCOC(=O)CN1CCN(c2nc3c(c(=O)[nH]c(=O)n3C)n2CCc2ccccc2)CC1. The van der Waals surface area contributed by atoms with E-state index in [9.17, 15) is 14.4 Å². The molecule has 1 saturated heterocycles. The number of esters is 1. The fourth-order valence-corrected chi connectivity index (χ4v) is 4.06. The van der Waals surface area contributed by atoms with Gasteiger partial charge in [0, 0.05) is 39.8 Å². The van der Waals surface area contributed by atoms with Gasteiger partial charge >= 0.3 is 11.7 Å². The Morgan fingerprint density at radius 1 is 1.12 bits per heavy atom. The third-order valence-corrected chi connectivity index (χ3v) is 5.77. The summed E-state index contributed by atoms with van der Waals surface area (Å²) < 4.78 is 8.32. The normalized spacial score (nSPS) is 14.8. The monoisotopic (exact) mass is 440 g/mol. The predicted molar refractivity (Wildman–Crippen MR) is 121 cm³/mol. The van der Waals surface area contributed by atoms with E-state index >= 15 is 0 Å². The van der Waals surface area contributed by atoms with Crippen molar-refractivity contribution in [2.45, 2.75) is 19.9 Å². The molecule has 1 aliphatic rings. The van der Waals surface area contributed by atoms with Gasteiger partial charge in [-0.1, -0.05) is 30.3 Å². The molecule has 10 nitrogen and oxygen atoms in total. The van der Waals surface area contributed by atoms with Crippen LogP contribution in [0.15, 0.2) is 39.9 Å². The quantitative estimate of drug-likeness (QED) is 0.529. The van der Waals surface area contributed by atoms with E-state index in [1.807, 2.05) is 39.8 Å². The number of aromatic nitrogens is 4. The summed E-state index contributed by atoms with van der Waals surface area (Å²) in [7, 11) is 1.61. The molecule has 1 aliphatic heterocycles. The minimum atomic E-state index is -0.485. The zero-order chi connectivity index (χ0) is 22.7. The van der Waals surface area contributed by atoms with Crippen molar-refractivity contribution in [2.24, 2.45) is 7.05 Å². The maximum Gasteiger partial charge on any atom is 0.329 e. The van der Waals surface area contributed by atoms with Crippen LogP contribution in [0.2, 0.25) is 0 Å². The number of aromatic amines is 1. The van der Waals surface area contributed by atoms with E-state index in [0.29, 0.717) is 56.4 Å². The van der Waals surface area contributed by atoms with Gasteiger partial charge < -0.3 is 14.2 Å². The summed E-state index contributed by atoms with van der Waals surface area (Å²) in [4.78, 5) is 47.9. The van der Waals surface area contributed by atoms with Crippen LogP contribution in [0.1, 0.15) is 12.5 Å². The average molecular weight is 441 g/mol. The number of imidazole rings is 1. The van der Waals surface area contributed by atoms with Gasteiger partial charge in [0.1, 0.15) is 0 Å². The Bertz CT molecular complexity index is 1200. The maximum absolute atomic E-state index is 12.7. The molecule has 3 heterocycles. The van der Waals surface area contributed by atoms with E-state index in [2.05, 4.69) is 9.88 Å². The van der Waals surface area contributed by atoms with Crippen LogP contribution in [0.25, 0.3) is 11.2 Å². The van der Waals surface area contributed by atoms with Gasteiger partial charge in [-0.3, -0.25) is 24.0 Å². The number of benzene rings is 1. The Balaban J connectivity index is 1.62. The van der Waals surface area contributed by atoms with Crippen LogP contribution in [0.4, 0.5) is 5.95 Å². The number of rotatable bonds is 7. The number of carbonyl (C=O) groups is 1. The van der Waals surface area contributed by atoms with Gasteiger partial charge in [-0.15, -0.1) is 0 Å². The molecule has 0 amide bonds. The molecule has 1 fully saturated rings. The molecule has 170 valence electrons. The van der Waals surface area contributed by atoms with E-state index in [0.717, 1.165) is 12.0 Å². The van der Waals surface area contributed by atoms with E-state index in [1.165, 1.54) is 4.57 Å². The molecule has 3 aromatic rings. The van der Waals surface area contributed by atoms with Crippen LogP contribution in [0.5, 0.6) is 0 Å². The molecule has 1 N–H and O–H groups in total. The number of ether oxygens (including phenoxy) is 1. The zero-order valence-corrected chi connectivity index (χ0v) is 18.4. The van der Waals surface area contributed by atoms with Gasteiger partial charge in [0.2, 0.25) is 5.95 Å². The summed E-state index contributed by atoms with van der Waals surface area (Å²) in [6, 6.07) is 10.0. The second kappa shape index (κ2) is 9.39. The Morgan fingerprint density at radius 3 is 2.53 bits per heavy atom. The molecule has 10 heteroatoms. The molecule has 4 rings (SSSR count). The van der Waals surface area contributed by atoms with Crippen LogP contribution < -0.4 is 16.1 Å². The summed E-state index contributed by atoms with van der Waals surface area (Å²) >= 11 is 0. The number of nitrogens with zero attached hydrogens (tertiary/aromatic N) is 5. The molecule has 0 spiro atoms. The first-order chi connectivity index (χ1) is 15.5. The second-order valence-corrected chi connectivity index (χ2v) is 7.86. The number of hydrogen-bond acceptors (Lipinski definition) is 7. The number of piperazine rings is 1. The molecule has 0 radical (unpaired) electrons. The standard InChI is InChI=1S/C22H28N6O4/c1-3-32-17(29)15-26-11-13-27(14-12-26)21-23-19-18(20(30)24-22(31)25(19)2)28(21)10-9-16-7-5-4-6-8-16/h4-8H,3,9-15H2,1-2H3,(H,24,30,31). The lowest BCUT2D eigenvalue weighted by atomic mass is 10.1. The Hall–Kier alpha value is -3.40. The van der Waals surface area contributed by atoms with Crippen LogP contribution in [-0.2, 0) is 29.5 Å². The molecule has 1 aromatic carbocycles. The number of aryl methyl sites for hydroxylation is 3. The van der Waals surface area contributed by atoms with Crippen LogP contribution in [0, 0.1) is 0 Å². The highest BCUT2D eigenvalue weighted by Crippen LogP contribution is 2.21. The topological polar surface area (TPSA) is 105 Å². The van der Waals surface area contributed by atoms with Crippen molar-refractivity contribution in [3.63, 3.8) is 0 Å². The molecule has 2 aromatic heterocycles. The molecule has 0 saturated carbocycles. The number of carbonyl (C=O) groups excluding carboxylic acids is 1. The smallest absolute Gasteiger partial charge is 0.329 e. The van der Waals surface area contributed by atoms with E-state index in [1.54, 1.807) is 14.0 Å². The largest absolute Gasteiger partial charge is 0.465 e. The highest BCUT2D eigenvalue weighted by molar-refractivity contribution is 5.74. The number of H-pyrrole nitrogens is 1. The van der Waals surface area contributed by atoms with Crippen LogP contribution in [0.3, 0.4) is 0 Å². The minimum absolute atomic E-state index is 0.224. The Kier molecular flexibility index (Phi) is 6.40. The average Bonchev–Trinajstić information content (AvgIpc) is 3.18. The molecule has 0 atom stereocenters. The summed E-state index contributed by atoms with van der Waals surface area (Å²) in [6.45, 7) is 5.65. The number of hydrogen-bond donors (Lipinski definition) is 1. The zero-order valence-electron chi connectivity index (χ0n) is 18.4. The van der Waals surface area contributed by atoms with Gasteiger partial charge in [-0.25, -0.2) is 4.79 Å². The van der Waals surface area contributed by atoms with Crippen LogP contribution >= 0.6 is 0 Å². The molecular formula is C22H28N6O4. The fourth-order valence-electron chi connectivity index (χ4n) is 4.06. The van der Waals surface area contributed by atoms with Gasteiger partial charge in [-0.05, 0) is 18.9 Å². The fraction of sp³-hybridized carbons (Fsp3) is 0.455. The summed E-state index contributed by atoms with van der Waals surface area (Å²) in [6.07, 6.45) is 0.727. The van der Waals surface area contributed by atoms with E-state index < -0.39 is 11.2 Å². The summed E-state index contributed by atoms with van der Waals surface area (Å²) in [5.74, 6) is 0.441. The van der Waals surface area contributed by atoms with Crippen molar-refractivity contribution in [2.75, 3.05) is 44.2 Å². The van der Waals surface area contributed by atoms with Crippen molar-refractivity contribution in [1.29, 1.82) is 0 Å². The van der Waals surface area contributed by atoms with Gasteiger partial charge in [0.05, 0.1) is 13.2 Å². The maximum atomic E-state index is 12.7. The highest BCUT2D eigenvalue weighted by Gasteiger charge is 2.25. The minimum Gasteiger partial charge on any atom is -0.465 e. The number of anilines is 1. The molecule has 0 unspecified atom stereocenters. The lowest BCUT2D eigenvalue weighted by molar-refractivity contribution is -0.144. The van der Waals surface area contributed by atoms with Gasteiger partial charge in [0.15, 0.2) is 11.2 Å². The lowest BCUT2D eigenvalue weighted by Crippen LogP contribution is -2.49. The van der Waals surface area contributed by atoms with Crippen molar-refractivity contribution in [3.05, 3.63) is 56.7 Å². The lowest BCUT2D eigenvalue weighted by Gasteiger charge is -2.34. The van der Waals surface area contributed by atoms with E-state index in [-0.39, 0.29) is 12.5 Å². The first-order valence-corrected chi connectivity index (χ1v) is 10.8. The third kappa shape index (κ3) is 4.45. The van der Waals surface area contributed by atoms with Gasteiger partial charge in [0.25, 0.3) is 5.56 Å². The van der Waals surface area contributed by atoms with E-state index in [4.69, 9.17) is 9.72 Å². The number of nitrogens with one attached hydrogen (secondary N) is 1. The van der Waals surface area contributed by atoms with Crippen LogP contribution in [-0.4, -0.2) is 69.3 Å². The third-order valence-electron chi connectivity index (χ3n) is 5.77. The Morgan fingerprint density at radius 2 is 1.84 bits per heavy atom. The van der Waals surface area contributed by atoms with Crippen molar-refractivity contribution >= 4 is 23.1 Å². The molecule has 0 aliphatic carbocycles. The molecular weight excluding hydrogens is 412 g/mol. The number of fused-ring (bicyclic) bond motifs is 1. The van der Waals surface area contributed by atoms with Gasteiger partial charge in [-0.2, -0.15) is 4.98 Å². The van der Waals surface area contributed by atoms with Crippen molar-refractivity contribution < 1.29 is 9.53 Å². The molecule has 32 heavy (non-hydrogen) atoms. The summed E-state index contributed by atoms with van der Waals surface area (Å²) in [5, 5.41) is 0. The summed E-state index contributed by atoms with van der Waals surface area (Å²) in [5.41, 5.74) is 1.00. The van der Waals surface area contributed by atoms with Crippen molar-refractivity contribution in [1.82, 2.24) is 24.0 Å². The first-order valence-electron chi connectivity index (χ1n) is 10.8. The van der Waals surface area contributed by atoms with Crippen molar-refractivity contribution in [3.8, 4) is 0 Å². The second-order valence-electron chi connectivity index (χ2n) is 7.86. The molecule has 0 bridgehead atoms. The predicted octanol–water partition coefficient (Wildman–Crippen LogP) is 0.351. The Labute approximate surface area is 185 Å². The first kappa shape index (κ1) is 21.8. The highest BCUT2D eigenvalue weighted by atomic mass is 16.5.